The van der Waals surface area contributed by atoms with Gasteiger partial charge in [0.15, 0.2) is 5.78 Å². The van der Waals surface area contributed by atoms with Crippen molar-refractivity contribution in [3.05, 3.63) is 52.5 Å². The van der Waals surface area contributed by atoms with Crippen molar-refractivity contribution in [3.8, 4) is 16.9 Å². The fraction of sp³-hybridized carbons (Fsp3) is 0.188. The summed E-state index contributed by atoms with van der Waals surface area (Å²) in [5.41, 5.74) is 4.12. The van der Waals surface area contributed by atoms with Gasteiger partial charge in [-0.05, 0) is 35.2 Å². The zero-order valence-electron chi connectivity index (χ0n) is 10.6. The lowest BCUT2D eigenvalue weighted by Gasteiger charge is -2.10. The number of ether oxygens (including phenoxy) is 1. The predicted molar refractivity (Wildman–Crippen MR) is 76.1 cm³/mol. The van der Waals surface area contributed by atoms with E-state index in [1.165, 1.54) is 0 Å². The Hall–Kier alpha value is -1.80. The normalized spacial score (nSPS) is 13.5. The van der Waals surface area contributed by atoms with Gasteiger partial charge in [0.05, 0.1) is 12.1 Å². The maximum absolute atomic E-state index is 11.8. The molecular weight excluding hydrogens is 260 g/mol. The van der Waals surface area contributed by atoms with Crippen molar-refractivity contribution in [1.82, 2.24) is 0 Å². The molecule has 0 saturated carbocycles. The second-order valence-electron chi connectivity index (χ2n) is 4.60. The van der Waals surface area contributed by atoms with Gasteiger partial charge in [-0.25, -0.2) is 0 Å². The van der Waals surface area contributed by atoms with E-state index >= 15 is 0 Å². The number of methoxy groups -OCH3 is 1. The van der Waals surface area contributed by atoms with E-state index in [-0.39, 0.29) is 5.78 Å². The van der Waals surface area contributed by atoms with Crippen molar-refractivity contribution in [3.63, 3.8) is 0 Å². The highest BCUT2D eigenvalue weighted by Gasteiger charge is 2.22. The number of rotatable bonds is 2. The Kier molecular flexibility index (Phi) is 3.03. The first-order valence-electron chi connectivity index (χ1n) is 6.19. The van der Waals surface area contributed by atoms with Crippen molar-refractivity contribution in [2.24, 2.45) is 0 Å². The summed E-state index contributed by atoms with van der Waals surface area (Å²) in [4.78, 5) is 11.8. The zero-order valence-corrected chi connectivity index (χ0v) is 11.3. The summed E-state index contributed by atoms with van der Waals surface area (Å²) in [6, 6.07) is 11.6. The van der Waals surface area contributed by atoms with Gasteiger partial charge < -0.3 is 4.74 Å². The van der Waals surface area contributed by atoms with Gasteiger partial charge in [0.2, 0.25) is 0 Å². The molecule has 0 aromatic heterocycles. The molecule has 0 aliphatic heterocycles. The molecule has 3 rings (SSSR count). The number of carbonyl (C=O) groups is 1. The fourth-order valence-electron chi connectivity index (χ4n) is 2.59. The van der Waals surface area contributed by atoms with Gasteiger partial charge in [-0.2, -0.15) is 0 Å². The van der Waals surface area contributed by atoms with Gasteiger partial charge in [0, 0.05) is 12.0 Å². The van der Waals surface area contributed by atoms with Gasteiger partial charge in [0.25, 0.3) is 0 Å². The van der Waals surface area contributed by atoms with Gasteiger partial charge in [-0.1, -0.05) is 35.9 Å². The topological polar surface area (TPSA) is 26.3 Å². The highest BCUT2D eigenvalue weighted by atomic mass is 35.5. The smallest absolute Gasteiger partial charge is 0.163 e. The monoisotopic (exact) mass is 272 g/mol. The second-order valence-corrected chi connectivity index (χ2v) is 5.01. The largest absolute Gasteiger partial charge is 0.495 e. The second kappa shape index (κ2) is 4.71. The van der Waals surface area contributed by atoms with E-state index in [1.54, 1.807) is 7.11 Å². The van der Waals surface area contributed by atoms with Crippen LogP contribution in [0.15, 0.2) is 36.4 Å². The first-order valence-corrected chi connectivity index (χ1v) is 6.57. The summed E-state index contributed by atoms with van der Waals surface area (Å²) in [6.07, 6.45) is 1.42. The minimum absolute atomic E-state index is 0.234. The molecule has 2 aromatic rings. The molecule has 0 N–H and O–H groups in total. The number of ketones is 1. The van der Waals surface area contributed by atoms with Crippen LogP contribution in [0.5, 0.6) is 5.75 Å². The van der Waals surface area contributed by atoms with E-state index in [9.17, 15) is 4.79 Å². The third kappa shape index (κ3) is 2.02. The maximum atomic E-state index is 11.8. The van der Waals surface area contributed by atoms with Crippen LogP contribution < -0.4 is 4.74 Å². The zero-order chi connectivity index (χ0) is 13.4. The van der Waals surface area contributed by atoms with Gasteiger partial charge in [-0.3, -0.25) is 4.79 Å². The van der Waals surface area contributed by atoms with Crippen molar-refractivity contribution < 1.29 is 9.53 Å². The Bertz CT molecular complexity index is 662. The SMILES string of the molecule is COc1cc(-c2cccc3c2CCC3=O)ccc1Cl. The third-order valence-electron chi connectivity index (χ3n) is 3.54. The molecule has 0 bridgehead atoms. The average Bonchev–Trinajstić information content (AvgIpc) is 2.81. The van der Waals surface area contributed by atoms with Crippen LogP contribution in [0.1, 0.15) is 22.3 Å². The molecule has 0 unspecified atom stereocenters. The number of Topliss-reactive ketones (excluding diaryl/α,β-unsaturated/α-hetero) is 1. The van der Waals surface area contributed by atoms with Crippen LogP contribution in [-0.4, -0.2) is 12.9 Å². The number of benzene rings is 2. The number of halogens is 1. The average molecular weight is 273 g/mol. The van der Waals surface area contributed by atoms with Crippen molar-refractivity contribution in [2.45, 2.75) is 12.8 Å². The van der Waals surface area contributed by atoms with Crippen LogP contribution in [0.3, 0.4) is 0 Å². The van der Waals surface area contributed by atoms with E-state index in [4.69, 9.17) is 16.3 Å². The molecule has 0 atom stereocenters. The summed E-state index contributed by atoms with van der Waals surface area (Å²) in [6.45, 7) is 0. The Labute approximate surface area is 117 Å². The molecule has 19 heavy (non-hydrogen) atoms. The van der Waals surface area contributed by atoms with Crippen LogP contribution in [0.4, 0.5) is 0 Å². The molecule has 0 spiro atoms. The highest BCUT2D eigenvalue weighted by Crippen LogP contribution is 2.35. The minimum Gasteiger partial charge on any atom is -0.495 e. The molecule has 2 aromatic carbocycles. The van der Waals surface area contributed by atoms with Gasteiger partial charge in [0.1, 0.15) is 5.75 Å². The van der Waals surface area contributed by atoms with Crippen molar-refractivity contribution >= 4 is 17.4 Å². The van der Waals surface area contributed by atoms with E-state index < -0.39 is 0 Å². The Morgan fingerprint density at radius 2 is 1.89 bits per heavy atom. The summed E-state index contributed by atoms with van der Waals surface area (Å²) in [5, 5.41) is 0.593. The Morgan fingerprint density at radius 3 is 2.68 bits per heavy atom. The maximum Gasteiger partial charge on any atom is 0.163 e. The highest BCUT2D eigenvalue weighted by molar-refractivity contribution is 6.32. The molecule has 1 aliphatic carbocycles. The molecule has 0 amide bonds. The van der Waals surface area contributed by atoms with E-state index in [0.717, 1.165) is 28.7 Å². The lowest BCUT2D eigenvalue weighted by atomic mass is 9.97. The van der Waals surface area contributed by atoms with Crippen LogP contribution in [0.25, 0.3) is 11.1 Å². The molecule has 3 heteroatoms. The summed E-state index contributed by atoms with van der Waals surface area (Å²) < 4.78 is 5.25. The molecule has 1 aliphatic rings. The minimum atomic E-state index is 0.234. The van der Waals surface area contributed by atoms with Gasteiger partial charge >= 0.3 is 0 Å². The molecular formula is C16H13ClO2. The first-order chi connectivity index (χ1) is 9.20. The van der Waals surface area contributed by atoms with Crippen LogP contribution in [0.2, 0.25) is 5.02 Å². The molecule has 2 nitrogen and oxygen atoms in total. The van der Waals surface area contributed by atoms with E-state index in [1.807, 2.05) is 36.4 Å². The van der Waals surface area contributed by atoms with E-state index in [0.29, 0.717) is 17.2 Å². The first kappa shape index (κ1) is 12.2. The van der Waals surface area contributed by atoms with Crippen LogP contribution in [0, 0.1) is 0 Å². The standard InChI is InChI=1S/C16H13ClO2/c1-19-16-9-10(5-7-14(16)17)11-3-2-4-13-12(11)6-8-15(13)18/h2-5,7,9H,6,8H2,1H3. The molecule has 96 valence electrons. The van der Waals surface area contributed by atoms with Crippen molar-refractivity contribution in [2.75, 3.05) is 7.11 Å². The molecule has 0 saturated heterocycles. The Balaban J connectivity index is 2.16. The van der Waals surface area contributed by atoms with Crippen LogP contribution >= 0.6 is 11.6 Å². The third-order valence-corrected chi connectivity index (χ3v) is 3.85. The van der Waals surface area contributed by atoms with Crippen LogP contribution in [-0.2, 0) is 6.42 Å². The molecule has 0 radical (unpaired) electrons. The quantitative estimate of drug-likeness (QED) is 0.821. The predicted octanol–water partition coefficient (Wildman–Crippen LogP) is 4.14. The van der Waals surface area contributed by atoms with Crippen molar-refractivity contribution in [1.29, 1.82) is 0 Å². The summed E-state index contributed by atoms with van der Waals surface area (Å²) >= 11 is 6.05. The lowest BCUT2D eigenvalue weighted by Crippen LogP contribution is -1.93. The molecule has 0 heterocycles. The molecule has 0 fully saturated rings. The number of hydrogen-bond acceptors (Lipinski definition) is 2. The van der Waals surface area contributed by atoms with E-state index in [2.05, 4.69) is 0 Å². The summed E-state index contributed by atoms with van der Waals surface area (Å²) in [5.74, 6) is 0.888. The fourth-order valence-corrected chi connectivity index (χ4v) is 2.78. The number of fused-ring (bicyclic) bond motifs is 1. The number of carbonyl (C=O) groups excluding carboxylic acids is 1. The summed E-state index contributed by atoms with van der Waals surface area (Å²) in [7, 11) is 1.60. The lowest BCUT2D eigenvalue weighted by molar-refractivity contribution is 0.0994. The Morgan fingerprint density at radius 1 is 1.11 bits per heavy atom. The van der Waals surface area contributed by atoms with Gasteiger partial charge in [-0.15, -0.1) is 0 Å². The number of hydrogen-bond donors (Lipinski definition) is 0.